The van der Waals surface area contributed by atoms with Crippen molar-refractivity contribution in [3.05, 3.63) is 17.4 Å². The van der Waals surface area contributed by atoms with Gasteiger partial charge < -0.3 is 10.2 Å². The lowest BCUT2D eigenvalue weighted by Gasteiger charge is -2.37. The summed E-state index contributed by atoms with van der Waals surface area (Å²) in [6, 6.07) is 0. The standard InChI is InChI=1S/C16H21ClN4O3S/c17-13-7-18-15(19-8-13)21-5-1-12(2-6-21)16(3-4-16)20-14(22)11-9-25(23,24)10-11/h7-8,11-12H,1-6,9-10H2,(H,20,22). The number of carbonyl (C=O) groups excluding carboxylic acids is 1. The summed E-state index contributed by atoms with van der Waals surface area (Å²) in [5.41, 5.74) is -0.122. The highest BCUT2D eigenvalue weighted by atomic mass is 35.5. The Morgan fingerprint density at radius 3 is 2.32 bits per heavy atom. The number of carbonyl (C=O) groups is 1. The molecule has 0 spiro atoms. The second-order valence-corrected chi connectivity index (χ2v) is 9.97. The van der Waals surface area contributed by atoms with Crippen molar-refractivity contribution >= 4 is 33.3 Å². The van der Waals surface area contributed by atoms with Gasteiger partial charge >= 0.3 is 0 Å². The van der Waals surface area contributed by atoms with E-state index in [4.69, 9.17) is 11.6 Å². The molecule has 9 heteroatoms. The Bertz CT molecular complexity index is 759. The second-order valence-electron chi connectivity index (χ2n) is 7.38. The highest BCUT2D eigenvalue weighted by Gasteiger charge is 2.52. The summed E-state index contributed by atoms with van der Waals surface area (Å²) in [4.78, 5) is 23.0. The van der Waals surface area contributed by atoms with Gasteiger partial charge in [-0.3, -0.25) is 4.79 Å². The predicted molar refractivity (Wildman–Crippen MR) is 94.2 cm³/mol. The number of aromatic nitrogens is 2. The van der Waals surface area contributed by atoms with Gasteiger partial charge in [-0.05, 0) is 31.6 Å². The zero-order valence-corrected chi connectivity index (χ0v) is 15.4. The van der Waals surface area contributed by atoms with Crippen LogP contribution in [0.4, 0.5) is 5.95 Å². The van der Waals surface area contributed by atoms with Crippen LogP contribution in [-0.4, -0.2) is 54.4 Å². The number of sulfone groups is 1. The van der Waals surface area contributed by atoms with Crippen LogP contribution in [0, 0.1) is 11.8 Å². The summed E-state index contributed by atoms with van der Waals surface area (Å²) >= 11 is 5.83. The van der Waals surface area contributed by atoms with Crippen LogP contribution in [0.5, 0.6) is 0 Å². The smallest absolute Gasteiger partial charge is 0.225 e. The number of hydrogen-bond acceptors (Lipinski definition) is 6. The van der Waals surface area contributed by atoms with Gasteiger partial charge in [0.05, 0.1) is 34.8 Å². The highest BCUT2D eigenvalue weighted by Crippen LogP contribution is 2.47. The summed E-state index contributed by atoms with van der Waals surface area (Å²) in [6.45, 7) is 1.70. The van der Waals surface area contributed by atoms with Crippen LogP contribution in [0.25, 0.3) is 0 Å². The molecular formula is C16H21ClN4O3S. The maximum Gasteiger partial charge on any atom is 0.225 e. The van der Waals surface area contributed by atoms with Gasteiger partial charge in [0.1, 0.15) is 0 Å². The van der Waals surface area contributed by atoms with Gasteiger partial charge in [-0.2, -0.15) is 0 Å². The molecule has 0 radical (unpaired) electrons. The van der Waals surface area contributed by atoms with Gasteiger partial charge in [0.25, 0.3) is 0 Å². The van der Waals surface area contributed by atoms with E-state index in [0.29, 0.717) is 16.9 Å². The monoisotopic (exact) mass is 384 g/mol. The van der Waals surface area contributed by atoms with Crippen LogP contribution < -0.4 is 10.2 Å². The maximum absolute atomic E-state index is 12.3. The molecule has 1 aliphatic carbocycles. The van der Waals surface area contributed by atoms with Crippen molar-refractivity contribution in [2.45, 2.75) is 31.2 Å². The lowest BCUT2D eigenvalue weighted by atomic mass is 9.87. The molecule has 1 N–H and O–H groups in total. The first-order valence-corrected chi connectivity index (χ1v) is 10.8. The van der Waals surface area contributed by atoms with Gasteiger partial charge in [0.2, 0.25) is 11.9 Å². The quantitative estimate of drug-likeness (QED) is 0.833. The van der Waals surface area contributed by atoms with Crippen molar-refractivity contribution in [3.8, 4) is 0 Å². The van der Waals surface area contributed by atoms with E-state index in [0.717, 1.165) is 38.8 Å². The second kappa shape index (κ2) is 6.09. The summed E-state index contributed by atoms with van der Waals surface area (Å²) in [7, 11) is -2.97. The molecule has 0 bridgehead atoms. The SMILES string of the molecule is O=C(NC1(C2CCN(c3ncc(Cl)cn3)CC2)CC1)C1CS(=O)(=O)C1. The molecule has 1 aromatic rings. The molecule has 0 aromatic carbocycles. The first-order valence-electron chi connectivity index (χ1n) is 8.62. The van der Waals surface area contributed by atoms with E-state index in [-0.39, 0.29) is 28.9 Å². The maximum atomic E-state index is 12.3. The number of halogens is 1. The van der Waals surface area contributed by atoms with Crippen LogP contribution in [0.15, 0.2) is 12.4 Å². The van der Waals surface area contributed by atoms with Crippen molar-refractivity contribution in [1.82, 2.24) is 15.3 Å². The molecule has 2 saturated heterocycles. The third kappa shape index (κ3) is 3.46. The molecule has 1 aromatic heterocycles. The number of nitrogens with one attached hydrogen (secondary N) is 1. The average Bonchev–Trinajstić information content (AvgIpc) is 3.34. The predicted octanol–water partition coefficient (Wildman–Crippen LogP) is 1.04. The lowest BCUT2D eigenvalue weighted by Crippen LogP contribution is -2.53. The Hall–Kier alpha value is -1.41. The Kier molecular flexibility index (Phi) is 4.15. The number of piperidine rings is 1. The first-order chi connectivity index (χ1) is 11.9. The minimum absolute atomic E-state index is 0.00125. The molecule has 1 amide bonds. The largest absolute Gasteiger partial charge is 0.350 e. The van der Waals surface area contributed by atoms with E-state index >= 15 is 0 Å². The van der Waals surface area contributed by atoms with Crippen molar-refractivity contribution in [3.63, 3.8) is 0 Å². The molecule has 7 nitrogen and oxygen atoms in total. The van der Waals surface area contributed by atoms with Crippen molar-refractivity contribution in [2.24, 2.45) is 11.8 Å². The Balaban J connectivity index is 1.33. The zero-order valence-electron chi connectivity index (χ0n) is 13.8. The van der Waals surface area contributed by atoms with E-state index in [1.807, 2.05) is 0 Å². The Labute approximate surface area is 152 Å². The zero-order chi connectivity index (χ0) is 17.7. The third-order valence-corrected chi connectivity index (χ3v) is 7.62. The van der Waals surface area contributed by atoms with Crippen LogP contribution in [0.3, 0.4) is 0 Å². The molecule has 136 valence electrons. The van der Waals surface area contributed by atoms with Gasteiger partial charge in [-0.1, -0.05) is 11.6 Å². The molecular weight excluding hydrogens is 364 g/mol. The number of rotatable bonds is 4. The van der Waals surface area contributed by atoms with Gasteiger partial charge in [-0.25, -0.2) is 18.4 Å². The fourth-order valence-corrected chi connectivity index (χ4v) is 5.46. The molecule has 25 heavy (non-hydrogen) atoms. The van der Waals surface area contributed by atoms with E-state index in [9.17, 15) is 13.2 Å². The number of anilines is 1. The number of amides is 1. The van der Waals surface area contributed by atoms with E-state index < -0.39 is 9.84 Å². The van der Waals surface area contributed by atoms with Gasteiger partial charge in [0.15, 0.2) is 9.84 Å². The van der Waals surface area contributed by atoms with Crippen LogP contribution >= 0.6 is 11.6 Å². The molecule has 2 aliphatic heterocycles. The van der Waals surface area contributed by atoms with E-state index in [2.05, 4.69) is 20.2 Å². The normalized spacial score (nSPS) is 25.2. The van der Waals surface area contributed by atoms with Crippen molar-refractivity contribution in [2.75, 3.05) is 29.5 Å². The molecule has 1 saturated carbocycles. The highest BCUT2D eigenvalue weighted by molar-refractivity contribution is 7.92. The van der Waals surface area contributed by atoms with Crippen molar-refractivity contribution < 1.29 is 13.2 Å². The molecule has 3 aliphatic rings. The van der Waals surface area contributed by atoms with Gasteiger partial charge in [0, 0.05) is 18.6 Å². The lowest BCUT2D eigenvalue weighted by molar-refractivity contribution is -0.125. The van der Waals surface area contributed by atoms with Crippen LogP contribution in [-0.2, 0) is 14.6 Å². The summed E-state index contributed by atoms with van der Waals surface area (Å²) in [5.74, 6) is 0.677. The molecule has 3 heterocycles. The molecule has 3 fully saturated rings. The summed E-state index contributed by atoms with van der Waals surface area (Å²) < 4.78 is 22.5. The van der Waals surface area contributed by atoms with E-state index in [1.165, 1.54) is 0 Å². The summed E-state index contributed by atoms with van der Waals surface area (Å²) in [5, 5.41) is 3.69. The Morgan fingerprint density at radius 1 is 1.20 bits per heavy atom. The topological polar surface area (TPSA) is 92.3 Å². The molecule has 4 rings (SSSR count). The molecule has 0 atom stereocenters. The number of hydrogen-bond donors (Lipinski definition) is 1. The average molecular weight is 385 g/mol. The fourth-order valence-electron chi connectivity index (χ4n) is 3.93. The van der Waals surface area contributed by atoms with Crippen molar-refractivity contribution in [1.29, 1.82) is 0 Å². The first kappa shape index (κ1) is 17.0. The molecule has 0 unspecified atom stereocenters. The Morgan fingerprint density at radius 2 is 1.80 bits per heavy atom. The summed E-state index contributed by atoms with van der Waals surface area (Å²) in [6.07, 6.45) is 7.11. The number of nitrogens with zero attached hydrogens (tertiary/aromatic N) is 3. The van der Waals surface area contributed by atoms with E-state index in [1.54, 1.807) is 12.4 Å². The fraction of sp³-hybridized carbons (Fsp3) is 0.688. The third-order valence-electron chi connectivity index (χ3n) is 5.61. The minimum atomic E-state index is -2.97. The van der Waals surface area contributed by atoms with Crippen LogP contribution in [0.1, 0.15) is 25.7 Å². The van der Waals surface area contributed by atoms with Crippen LogP contribution in [0.2, 0.25) is 5.02 Å². The van der Waals surface area contributed by atoms with Gasteiger partial charge in [-0.15, -0.1) is 0 Å². The minimum Gasteiger partial charge on any atom is -0.350 e.